The first-order valence-corrected chi connectivity index (χ1v) is 5.87. The Hall–Kier alpha value is -2.03. The van der Waals surface area contributed by atoms with Gasteiger partial charge in [-0.1, -0.05) is 17.7 Å². The van der Waals surface area contributed by atoms with Crippen molar-refractivity contribution in [3.05, 3.63) is 52.8 Å². The van der Waals surface area contributed by atoms with Crippen molar-refractivity contribution < 1.29 is 4.39 Å². The number of hydrogen-bond acceptors (Lipinski definition) is 2. The van der Waals surface area contributed by atoms with Gasteiger partial charge in [-0.3, -0.25) is 0 Å². The predicted molar refractivity (Wildman–Crippen MR) is 74.7 cm³/mol. The van der Waals surface area contributed by atoms with E-state index in [1.165, 1.54) is 11.6 Å². The molecule has 2 rings (SSSR count). The van der Waals surface area contributed by atoms with Crippen LogP contribution in [0, 0.1) is 26.6 Å². The Kier molecular flexibility index (Phi) is 3.24. The molecule has 0 atom stereocenters. The molecule has 2 aromatic rings. The summed E-state index contributed by atoms with van der Waals surface area (Å²) in [5.74, 6) is -0.279. The Balaban J connectivity index is 2.37. The van der Waals surface area contributed by atoms with Crippen LogP contribution in [-0.4, -0.2) is 0 Å². The third-order valence-electron chi connectivity index (χ3n) is 2.98. The summed E-state index contributed by atoms with van der Waals surface area (Å²) in [6, 6.07) is 9.20. The van der Waals surface area contributed by atoms with Crippen LogP contribution in [0.25, 0.3) is 0 Å². The van der Waals surface area contributed by atoms with Crippen molar-refractivity contribution in [3.8, 4) is 0 Å². The number of halogens is 1. The molecule has 2 aromatic carbocycles. The molecule has 0 radical (unpaired) electrons. The number of benzene rings is 2. The van der Waals surface area contributed by atoms with Crippen molar-refractivity contribution in [2.24, 2.45) is 0 Å². The minimum Gasteiger partial charge on any atom is -0.397 e. The van der Waals surface area contributed by atoms with Gasteiger partial charge in [-0.2, -0.15) is 0 Å². The van der Waals surface area contributed by atoms with Crippen LogP contribution < -0.4 is 11.1 Å². The fourth-order valence-electron chi connectivity index (χ4n) is 1.90. The molecule has 0 aliphatic rings. The minimum absolute atomic E-state index is 0.279. The molecular weight excluding hydrogens is 227 g/mol. The van der Waals surface area contributed by atoms with Gasteiger partial charge >= 0.3 is 0 Å². The summed E-state index contributed by atoms with van der Waals surface area (Å²) < 4.78 is 13.3. The van der Waals surface area contributed by atoms with Gasteiger partial charge in [0.2, 0.25) is 0 Å². The number of nitrogens with one attached hydrogen (secondary N) is 1. The molecule has 3 heteroatoms. The van der Waals surface area contributed by atoms with Gasteiger partial charge < -0.3 is 11.1 Å². The first-order chi connectivity index (χ1) is 8.47. The van der Waals surface area contributed by atoms with Gasteiger partial charge in [-0.05, 0) is 50.1 Å². The lowest BCUT2D eigenvalue weighted by molar-refractivity contribution is 0.619. The number of rotatable bonds is 2. The minimum atomic E-state index is -0.279. The number of hydrogen-bond donors (Lipinski definition) is 2. The van der Waals surface area contributed by atoms with Gasteiger partial charge in [-0.15, -0.1) is 0 Å². The van der Waals surface area contributed by atoms with E-state index in [4.69, 9.17) is 5.73 Å². The average molecular weight is 244 g/mol. The first kappa shape index (κ1) is 12.4. The van der Waals surface area contributed by atoms with Crippen molar-refractivity contribution in [3.63, 3.8) is 0 Å². The highest BCUT2D eigenvalue weighted by atomic mass is 19.1. The van der Waals surface area contributed by atoms with E-state index in [-0.39, 0.29) is 5.82 Å². The molecule has 0 amide bonds. The lowest BCUT2D eigenvalue weighted by atomic mass is 10.1. The summed E-state index contributed by atoms with van der Waals surface area (Å²) in [6.45, 7) is 5.80. The van der Waals surface area contributed by atoms with Crippen LogP contribution in [0.2, 0.25) is 0 Å². The number of aryl methyl sites for hydroxylation is 3. The molecule has 0 aliphatic carbocycles. The fourth-order valence-corrected chi connectivity index (χ4v) is 1.90. The van der Waals surface area contributed by atoms with Crippen LogP contribution in [0.3, 0.4) is 0 Å². The van der Waals surface area contributed by atoms with E-state index in [9.17, 15) is 4.39 Å². The molecule has 3 N–H and O–H groups in total. The first-order valence-electron chi connectivity index (χ1n) is 5.87. The molecule has 2 nitrogen and oxygen atoms in total. The molecule has 0 fully saturated rings. The summed E-state index contributed by atoms with van der Waals surface area (Å²) in [5, 5.41) is 3.24. The van der Waals surface area contributed by atoms with E-state index in [1.807, 2.05) is 26.0 Å². The van der Waals surface area contributed by atoms with Gasteiger partial charge in [0.1, 0.15) is 5.82 Å². The van der Waals surface area contributed by atoms with Crippen molar-refractivity contribution in [1.82, 2.24) is 0 Å². The van der Waals surface area contributed by atoms with Gasteiger partial charge in [0, 0.05) is 5.69 Å². The van der Waals surface area contributed by atoms with Crippen LogP contribution in [0.1, 0.15) is 16.7 Å². The maximum atomic E-state index is 13.3. The monoisotopic (exact) mass is 244 g/mol. The second-order valence-corrected chi connectivity index (χ2v) is 4.63. The normalized spacial score (nSPS) is 10.4. The van der Waals surface area contributed by atoms with Gasteiger partial charge in [-0.25, -0.2) is 4.39 Å². The van der Waals surface area contributed by atoms with E-state index >= 15 is 0 Å². The summed E-state index contributed by atoms with van der Waals surface area (Å²) in [7, 11) is 0. The van der Waals surface area contributed by atoms with Crippen molar-refractivity contribution in [1.29, 1.82) is 0 Å². The second-order valence-electron chi connectivity index (χ2n) is 4.63. The standard InChI is InChI=1S/C15H17FN2/c1-9-4-5-14(11(3)6-9)18-15-7-10(2)12(16)8-13(15)17/h4-8,18H,17H2,1-3H3. The lowest BCUT2D eigenvalue weighted by Gasteiger charge is -2.13. The van der Waals surface area contributed by atoms with E-state index in [0.29, 0.717) is 11.3 Å². The number of anilines is 3. The van der Waals surface area contributed by atoms with Gasteiger partial charge in [0.15, 0.2) is 0 Å². The van der Waals surface area contributed by atoms with Crippen LogP contribution in [-0.2, 0) is 0 Å². The molecule has 0 aliphatic heterocycles. The molecule has 0 saturated carbocycles. The molecule has 0 unspecified atom stereocenters. The van der Waals surface area contributed by atoms with E-state index < -0.39 is 0 Å². The van der Waals surface area contributed by atoms with Crippen LogP contribution >= 0.6 is 0 Å². The van der Waals surface area contributed by atoms with Crippen LogP contribution in [0.5, 0.6) is 0 Å². The van der Waals surface area contributed by atoms with E-state index in [1.54, 1.807) is 13.0 Å². The van der Waals surface area contributed by atoms with Crippen molar-refractivity contribution >= 4 is 17.1 Å². The SMILES string of the molecule is Cc1ccc(Nc2cc(C)c(F)cc2N)c(C)c1. The summed E-state index contributed by atoms with van der Waals surface area (Å²) >= 11 is 0. The Morgan fingerprint density at radius 1 is 0.944 bits per heavy atom. The molecule has 0 aromatic heterocycles. The van der Waals surface area contributed by atoms with E-state index in [2.05, 4.69) is 11.4 Å². The number of nitrogen functional groups attached to an aromatic ring is 1. The molecular formula is C15H17FN2. The van der Waals surface area contributed by atoms with E-state index in [0.717, 1.165) is 16.9 Å². The quantitative estimate of drug-likeness (QED) is 0.781. The average Bonchev–Trinajstić information content (AvgIpc) is 2.29. The Morgan fingerprint density at radius 2 is 1.67 bits per heavy atom. The maximum Gasteiger partial charge on any atom is 0.128 e. The lowest BCUT2D eigenvalue weighted by Crippen LogP contribution is -2.00. The highest BCUT2D eigenvalue weighted by Gasteiger charge is 2.06. The Morgan fingerprint density at radius 3 is 2.33 bits per heavy atom. The van der Waals surface area contributed by atoms with Gasteiger partial charge in [0.05, 0.1) is 11.4 Å². The van der Waals surface area contributed by atoms with Crippen LogP contribution in [0.4, 0.5) is 21.5 Å². The van der Waals surface area contributed by atoms with Crippen LogP contribution in [0.15, 0.2) is 30.3 Å². The molecule has 0 heterocycles. The third-order valence-corrected chi connectivity index (χ3v) is 2.98. The highest BCUT2D eigenvalue weighted by molar-refractivity contribution is 5.74. The van der Waals surface area contributed by atoms with Crippen molar-refractivity contribution in [2.75, 3.05) is 11.1 Å². The predicted octanol–water partition coefficient (Wildman–Crippen LogP) is 4.08. The summed E-state index contributed by atoms with van der Waals surface area (Å²) in [5.41, 5.74) is 10.9. The third kappa shape index (κ3) is 2.45. The second kappa shape index (κ2) is 4.69. The van der Waals surface area contributed by atoms with Crippen molar-refractivity contribution in [2.45, 2.75) is 20.8 Å². The topological polar surface area (TPSA) is 38.0 Å². The maximum absolute atomic E-state index is 13.3. The smallest absolute Gasteiger partial charge is 0.128 e. The zero-order valence-corrected chi connectivity index (χ0v) is 10.8. The summed E-state index contributed by atoms with van der Waals surface area (Å²) in [4.78, 5) is 0. The fraction of sp³-hybridized carbons (Fsp3) is 0.200. The molecule has 0 spiro atoms. The Bertz CT molecular complexity index is 591. The molecule has 94 valence electrons. The highest BCUT2D eigenvalue weighted by Crippen LogP contribution is 2.28. The molecule has 18 heavy (non-hydrogen) atoms. The largest absolute Gasteiger partial charge is 0.397 e. The molecule has 0 saturated heterocycles. The Labute approximate surface area is 107 Å². The zero-order valence-electron chi connectivity index (χ0n) is 10.8. The van der Waals surface area contributed by atoms with Gasteiger partial charge in [0.25, 0.3) is 0 Å². The summed E-state index contributed by atoms with van der Waals surface area (Å²) in [6.07, 6.45) is 0. The molecule has 0 bridgehead atoms. The zero-order chi connectivity index (χ0) is 13.3. The number of nitrogens with two attached hydrogens (primary N) is 1.